The monoisotopic (exact) mass is 497 g/mol. The number of nitrogens with zero attached hydrogens (tertiary/aromatic N) is 2. The zero-order valence-electron chi connectivity index (χ0n) is 21.1. The Balaban J connectivity index is 0.00000408. The van der Waals surface area contributed by atoms with E-state index in [9.17, 15) is 9.59 Å². The van der Waals surface area contributed by atoms with Crippen LogP contribution in [-0.4, -0.2) is 81.5 Å². The fraction of sp³-hybridized carbons (Fsp3) is 0.680. The maximum absolute atomic E-state index is 13.6. The average Bonchev–Trinajstić information content (AvgIpc) is 2.79. The van der Waals surface area contributed by atoms with Crippen LogP contribution in [0, 0.1) is 0 Å². The first-order chi connectivity index (χ1) is 15.8. The molecule has 1 fully saturated rings. The van der Waals surface area contributed by atoms with Gasteiger partial charge in [0.2, 0.25) is 5.60 Å². The molecule has 1 unspecified atom stereocenters. The Hall–Kier alpha value is -1.87. The third kappa shape index (κ3) is 6.22. The van der Waals surface area contributed by atoms with Gasteiger partial charge in [-0.3, -0.25) is 9.59 Å². The number of carbonyl (C=O) groups is 2. The van der Waals surface area contributed by atoms with Crippen molar-refractivity contribution in [2.45, 2.75) is 64.1 Å². The van der Waals surface area contributed by atoms with E-state index in [4.69, 9.17) is 14.2 Å². The molecule has 1 N–H and O–H groups in total. The summed E-state index contributed by atoms with van der Waals surface area (Å²) in [4.78, 5) is 30.7. The predicted octanol–water partition coefficient (Wildman–Crippen LogP) is 3.27. The number of halogens is 1. The molecule has 2 aliphatic heterocycles. The molecule has 0 spiro atoms. The third-order valence-corrected chi connectivity index (χ3v) is 6.38. The minimum absolute atomic E-state index is 0. The third-order valence-electron chi connectivity index (χ3n) is 6.38. The zero-order chi connectivity index (χ0) is 24.0. The molecule has 8 nitrogen and oxygen atoms in total. The maximum atomic E-state index is 13.6. The van der Waals surface area contributed by atoms with E-state index in [0.717, 1.165) is 38.8 Å². The number of anilines is 1. The van der Waals surface area contributed by atoms with Crippen LogP contribution in [0.25, 0.3) is 0 Å². The van der Waals surface area contributed by atoms with Gasteiger partial charge >= 0.3 is 0 Å². The minimum atomic E-state index is -1.10. The first-order valence-electron chi connectivity index (χ1n) is 12.0. The fourth-order valence-corrected chi connectivity index (χ4v) is 4.78. The number of benzene rings is 1. The van der Waals surface area contributed by atoms with Gasteiger partial charge in [0, 0.05) is 51.6 Å². The Kier molecular flexibility index (Phi) is 10.6. The summed E-state index contributed by atoms with van der Waals surface area (Å²) in [6.45, 7) is 8.96. The molecule has 2 atom stereocenters. The quantitative estimate of drug-likeness (QED) is 0.500. The Labute approximate surface area is 209 Å². The topological polar surface area (TPSA) is 80.3 Å². The van der Waals surface area contributed by atoms with Gasteiger partial charge in [-0.15, -0.1) is 12.4 Å². The summed E-state index contributed by atoms with van der Waals surface area (Å²) in [5, 5.41) is 3.40. The predicted molar refractivity (Wildman–Crippen MR) is 135 cm³/mol. The largest absolute Gasteiger partial charge is 0.473 e. The maximum Gasteiger partial charge on any atom is 0.273 e. The molecule has 1 aromatic carbocycles. The Bertz CT molecular complexity index is 831. The van der Waals surface area contributed by atoms with E-state index in [2.05, 4.69) is 19.2 Å². The van der Waals surface area contributed by atoms with Crippen LogP contribution in [0.4, 0.5) is 5.69 Å². The van der Waals surface area contributed by atoms with E-state index in [1.165, 1.54) is 0 Å². The lowest BCUT2D eigenvalue weighted by molar-refractivity contribution is -0.138. The van der Waals surface area contributed by atoms with Crippen LogP contribution in [0.5, 0.6) is 5.75 Å². The Morgan fingerprint density at radius 1 is 1.29 bits per heavy atom. The number of carbonyl (C=O) groups excluding carboxylic acids is 2. The van der Waals surface area contributed by atoms with Crippen molar-refractivity contribution < 1.29 is 23.8 Å². The van der Waals surface area contributed by atoms with Crippen molar-refractivity contribution in [1.29, 1.82) is 0 Å². The van der Waals surface area contributed by atoms with Gasteiger partial charge in [-0.1, -0.05) is 0 Å². The van der Waals surface area contributed by atoms with Crippen molar-refractivity contribution >= 4 is 29.9 Å². The summed E-state index contributed by atoms with van der Waals surface area (Å²) >= 11 is 0. The SMILES string of the molecule is COCCCCN1C(=O)C(C)(COC)Oc2ccc(C(=O)N(C(C)C)[C@@H]3CCCNC3)cc21.Cl. The molecule has 2 amide bonds. The van der Waals surface area contributed by atoms with E-state index < -0.39 is 5.60 Å². The Morgan fingerprint density at radius 3 is 2.68 bits per heavy atom. The number of hydrogen-bond donors (Lipinski definition) is 1. The molecular formula is C25H40ClN3O5. The Morgan fingerprint density at radius 2 is 2.06 bits per heavy atom. The molecule has 34 heavy (non-hydrogen) atoms. The second-order valence-corrected chi connectivity index (χ2v) is 9.41. The number of rotatable bonds is 10. The van der Waals surface area contributed by atoms with Crippen molar-refractivity contribution in [1.82, 2.24) is 10.2 Å². The van der Waals surface area contributed by atoms with E-state index in [1.54, 1.807) is 32.1 Å². The number of nitrogens with one attached hydrogen (secondary N) is 1. The number of hydrogen-bond acceptors (Lipinski definition) is 6. The van der Waals surface area contributed by atoms with Gasteiger partial charge in [0.1, 0.15) is 5.75 Å². The summed E-state index contributed by atoms with van der Waals surface area (Å²) in [6, 6.07) is 5.66. The van der Waals surface area contributed by atoms with Crippen molar-refractivity contribution in [3.8, 4) is 5.75 Å². The molecule has 192 valence electrons. The minimum Gasteiger partial charge on any atom is -0.473 e. The van der Waals surface area contributed by atoms with Gasteiger partial charge in [-0.25, -0.2) is 0 Å². The summed E-state index contributed by atoms with van der Waals surface area (Å²) < 4.78 is 16.6. The van der Waals surface area contributed by atoms with E-state index >= 15 is 0 Å². The molecule has 3 rings (SSSR count). The van der Waals surface area contributed by atoms with Crippen molar-refractivity contribution in [2.75, 3.05) is 52.0 Å². The zero-order valence-corrected chi connectivity index (χ0v) is 21.9. The highest BCUT2D eigenvalue weighted by atomic mass is 35.5. The van der Waals surface area contributed by atoms with Gasteiger partial charge < -0.3 is 29.3 Å². The second-order valence-electron chi connectivity index (χ2n) is 9.41. The molecule has 0 radical (unpaired) electrons. The smallest absolute Gasteiger partial charge is 0.273 e. The highest BCUT2D eigenvalue weighted by molar-refractivity contribution is 6.04. The normalized spacial score (nSPS) is 22.1. The van der Waals surface area contributed by atoms with Crippen LogP contribution in [0.3, 0.4) is 0 Å². The number of amides is 2. The fourth-order valence-electron chi connectivity index (χ4n) is 4.78. The number of ether oxygens (including phenoxy) is 3. The average molecular weight is 498 g/mol. The molecule has 2 aliphatic rings. The molecule has 9 heteroatoms. The number of methoxy groups -OCH3 is 2. The number of fused-ring (bicyclic) bond motifs is 1. The highest BCUT2D eigenvalue weighted by Gasteiger charge is 2.45. The second kappa shape index (κ2) is 12.7. The van der Waals surface area contributed by atoms with Crippen molar-refractivity contribution in [3.05, 3.63) is 23.8 Å². The van der Waals surface area contributed by atoms with Crippen LogP contribution in [0.1, 0.15) is 56.8 Å². The summed E-state index contributed by atoms with van der Waals surface area (Å²) in [5.41, 5.74) is 0.107. The molecule has 2 heterocycles. The standard InChI is InChI=1S/C25H39N3O5.ClH/c1-18(2)28(20-9-8-12-26-16-20)23(29)19-10-11-22-21(15-19)27(13-6-7-14-31-4)24(30)25(3,33-22)17-32-5;/h10-11,15,18,20,26H,6-9,12-14,16-17H2,1-5H3;1H/t20-,25?;/m1./s1. The summed E-state index contributed by atoms with van der Waals surface area (Å²) in [6.07, 6.45) is 3.67. The molecule has 1 saturated heterocycles. The summed E-state index contributed by atoms with van der Waals surface area (Å²) in [5.74, 6) is 0.419. The first kappa shape index (κ1) is 28.4. The van der Waals surface area contributed by atoms with Crippen LogP contribution in [-0.2, 0) is 14.3 Å². The molecule has 1 aromatic rings. The lowest BCUT2D eigenvalue weighted by Crippen LogP contribution is -2.57. The van der Waals surface area contributed by atoms with E-state index in [1.807, 2.05) is 17.0 Å². The molecule has 0 aliphatic carbocycles. The van der Waals surface area contributed by atoms with Crippen molar-refractivity contribution in [3.63, 3.8) is 0 Å². The van der Waals surface area contributed by atoms with Gasteiger partial charge in [0.25, 0.3) is 11.8 Å². The highest BCUT2D eigenvalue weighted by Crippen LogP contribution is 2.39. The first-order valence-corrected chi connectivity index (χ1v) is 12.0. The van der Waals surface area contributed by atoms with Crippen LogP contribution >= 0.6 is 12.4 Å². The molecule has 0 saturated carbocycles. The van der Waals surface area contributed by atoms with Crippen LogP contribution in [0.2, 0.25) is 0 Å². The van der Waals surface area contributed by atoms with E-state index in [0.29, 0.717) is 30.2 Å². The lowest BCUT2D eigenvalue weighted by atomic mass is 9.99. The molecule has 0 bridgehead atoms. The molecule has 0 aromatic heterocycles. The van der Waals surface area contributed by atoms with Crippen molar-refractivity contribution in [2.24, 2.45) is 0 Å². The van der Waals surface area contributed by atoms with Crippen LogP contribution in [0.15, 0.2) is 18.2 Å². The number of piperidine rings is 1. The van der Waals surface area contributed by atoms with Crippen LogP contribution < -0.4 is 15.0 Å². The van der Waals surface area contributed by atoms with Gasteiger partial charge in [-0.05, 0) is 71.2 Å². The lowest BCUT2D eigenvalue weighted by Gasteiger charge is -2.41. The van der Waals surface area contributed by atoms with Gasteiger partial charge in [0.15, 0.2) is 0 Å². The number of unbranched alkanes of at least 4 members (excludes halogenated alkanes) is 1. The van der Waals surface area contributed by atoms with Gasteiger partial charge in [-0.2, -0.15) is 0 Å². The van der Waals surface area contributed by atoms with Gasteiger partial charge in [0.05, 0.1) is 12.3 Å². The molecular weight excluding hydrogens is 458 g/mol. The summed E-state index contributed by atoms with van der Waals surface area (Å²) in [7, 11) is 3.23. The van der Waals surface area contributed by atoms with E-state index in [-0.39, 0.29) is 42.9 Å².